The topological polar surface area (TPSA) is 78.3 Å². The summed E-state index contributed by atoms with van der Waals surface area (Å²) in [5.74, 6) is 0.295. The van der Waals surface area contributed by atoms with Gasteiger partial charge < -0.3 is 19.4 Å². The molecule has 2 heterocycles. The summed E-state index contributed by atoms with van der Waals surface area (Å²) in [4.78, 5) is 20.9. The van der Waals surface area contributed by atoms with E-state index >= 15 is 0 Å². The summed E-state index contributed by atoms with van der Waals surface area (Å²) < 4.78 is 27.0. The first-order valence-electron chi connectivity index (χ1n) is 11.4. The van der Waals surface area contributed by atoms with Gasteiger partial charge in [-0.15, -0.1) is 0 Å². The number of hydrogen-bond donors (Lipinski definition) is 1. The van der Waals surface area contributed by atoms with Crippen molar-refractivity contribution in [1.82, 2.24) is 14.5 Å². The van der Waals surface area contributed by atoms with Crippen LogP contribution in [0.1, 0.15) is 29.8 Å². The zero-order valence-electron chi connectivity index (χ0n) is 19.8. The standard InChI is InChI=1S/C26H26ClFN4O3/c1-4-34-22-12-17(7-8-18(22)26(33)35-5-2)21-14-24(31-15-30-21)29-10-11-32-23(27)13-19-16(3)6-9-20(28)25(19)32/h6-9,12-15H,4-5,10-11H2,1-3H3,(H,29,30,31). The molecule has 35 heavy (non-hydrogen) atoms. The van der Waals surface area contributed by atoms with Crippen LogP contribution in [-0.4, -0.2) is 40.3 Å². The minimum Gasteiger partial charge on any atom is -0.493 e. The first-order valence-corrected chi connectivity index (χ1v) is 11.7. The highest BCUT2D eigenvalue weighted by Crippen LogP contribution is 2.29. The van der Waals surface area contributed by atoms with Crippen molar-refractivity contribution in [2.75, 3.05) is 25.1 Å². The molecule has 0 aliphatic heterocycles. The van der Waals surface area contributed by atoms with Crippen LogP contribution in [0.2, 0.25) is 5.15 Å². The minimum absolute atomic E-state index is 0.281. The second-order valence-corrected chi connectivity index (χ2v) is 8.21. The van der Waals surface area contributed by atoms with E-state index in [0.717, 1.165) is 16.5 Å². The lowest BCUT2D eigenvalue weighted by Gasteiger charge is -2.12. The predicted octanol–water partition coefficient (Wildman–Crippen LogP) is 5.89. The van der Waals surface area contributed by atoms with Gasteiger partial charge in [0.2, 0.25) is 0 Å². The molecule has 0 atom stereocenters. The molecule has 9 heteroatoms. The summed E-state index contributed by atoms with van der Waals surface area (Å²) in [5.41, 5.74) is 3.25. The molecule has 1 N–H and O–H groups in total. The van der Waals surface area contributed by atoms with Gasteiger partial charge in [0.15, 0.2) is 0 Å². The first kappa shape index (κ1) is 24.5. The van der Waals surface area contributed by atoms with E-state index in [2.05, 4.69) is 15.3 Å². The normalized spacial score (nSPS) is 11.0. The molecule has 7 nitrogen and oxygen atoms in total. The number of halogens is 2. The zero-order valence-corrected chi connectivity index (χ0v) is 20.5. The highest BCUT2D eigenvalue weighted by atomic mass is 35.5. The fourth-order valence-corrected chi connectivity index (χ4v) is 4.18. The van der Waals surface area contributed by atoms with Crippen LogP contribution in [0.25, 0.3) is 22.2 Å². The Kier molecular flexibility index (Phi) is 7.51. The lowest BCUT2D eigenvalue weighted by atomic mass is 10.1. The van der Waals surface area contributed by atoms with Crippen LogP contribution in [0.3, 0.4) is 0 Å². The molecule has 0 bridgehead atoms. The number of esters is 1. The number of hydrogen-bond acceptors (Lipinski definition) is 6. The van der Waals surface area contributed by atoms with Gasteiger partial charge in [0.1, 0.15) is 34.4 Å². The van der Waals surface area contributed by atoms with Crippen molar-refractivity contribution in [3.8, 4) is 17.0 Å². The molecule has 4 rings (SSSR count). The summed E-state index contributed by atoms with van der Waals surface area (Å²) in [6.07, 6.45) is 1.46. The number of carbonyl (C=O) groups excluding carboxylic acids is 1. The summed E-state index contributed by atoms with van der Waals surface area (Å²) in [6, 6.07) is 12.0. The van der Waals surface area contributed by atoms with Gasteiger partial charge >= 0.3 is 5.97 Å². The van der Waals surface area contributed by atoms with Gasteiger partial charge in [-0.05, 0) is 50.6 Å². The van der Waals surface area contributed by atoms with Crippen LogP contribution in [0.5, 0.6) is 5.75 Å². The molecule has 4 aromatic rings. The molecular formula is C26H26ClFN4O3. The molecule has 0 saturated carbocycles. The predicted molar refractivity (Wildman–Crippen MR) is 135 cm³/mol. The number of nitrogens with zero attached hydrogens (tertiary/aromatic N) is 3. The lowest BCUT2D eigenvalue weighted by Crippen LogP contribution is -2.12. The third kappa shape index (κ3) is 5.22. The van der Waals surface area contributed by atoms with Crippen molar-refractivity contribution in [1.29, 1.82) is 0 Å². The van der Waals surface area contributed by atoms with E-state index in [-0.39, 0.29) is 12.4 Å². The van der Waals surface area contributed by atoms with E-state index in [1.165, 1.54) is 12.4 Å². The van der Waals surface area contributed by atoms with E-state index in [0.29, 0.717) is 53.2 Å². The van der Waals surface area contributed by atoms with E-state index in [1.54, 1.807) is 47.9 Å². The number of fused-ring (bicyclic) bond motifs is 1. The van der Waals surface area contributed by atoms with Gasteiger partial charge in [0.05, 0.1) is 24.4 Å². The summed E-state index contributed by atoms with van der Waals surface area (Å²) in [6.45, 7) is 7.14. The van der Waals surface area contributed by atoms with Crippen molar-refractivity contribution in [3.63, 3.8) is 0 Å². The molecule has 2 aromatic carbocycles. The maximum atomic E-state index is 14.5. The monoisotopic (exact) mass is 496 g/mol. The molecule has 0 radical (unpaired) electrons. The van der Waals surface area contributed by atoms with Crippen LogP contribution >= 0.6 is 11.6 Å². The molecule has 0 aliphatic rings. The Balaban J connectivity index is 1.52. The van der Waals surface area contributed by atoms with E-state index in [4.69, 9.17) is 21.1 Å². The average molecular weight is 497 g/mol. The van der Waals surface area contributed by atoms with Crippen molar-refractivity contribution < 1.29 is 18.7 Å². The third-order valence-electron chi connectivity index (χ3n) is 5.56. The molecule has 0 unspecified atom stereocenters. The number of nitrogens with one attached hydrogen (secondary N) is 1. The van der Waals surface area contributed by atoms with Gasteiger partial charge in [-0.2, -0.15) is 0 Å². The second kappa shape index (κ2) is 10.7. The number of benzene rings is 2. The molecule has 0 saturated heterocycles. The Hall–Kier alpha value is -3.65. The third-order valence-corrected chi connectivity index (χ3v) is 5.87. The van der Waals surface area contributed by atoms with Gasteiger partial charge in [0.25, 0.3) is 0 Å². The van der Waals surface area contributed by atoms with Crippen LogP contribution in [0.15, 0.2) is 48.8 Å². The number of aromatic nitrogens is 3. The van der Waals surface area contributed by atoms with Crippen molar-refractivity contribution in [2.24, 2.45) is 0 Å². The Labute approximate surface area is 207 Å². The first-order chi connectivity index (χ1) is 16.9. The van der Waals surface area contributed by atoms with Gasteiger partial charge in [-0.3, -0.25) is 0 Å². The van der Waals surface area contributed by atoms with E-state index in [1.807, 2.05) is 13.8 Å². The highest BCUT2D eigenvalue weighted by molar-refractivity contribution is 6.31. The largest absolute Gasteiger partial charge is 0.493 e. The van der Waals surface area contributed by atoms with Crippen molar-refractivity contribution >= 4 is 34.3 Å². The van der Waals surface area contributed by atoms with Crippen molar-refractivity contribution in [3.05, 3.63) is 70.9 Å². The van der Waals surface area contributed by atoms with E-state index in [9.17, 15) is 9.18 Å². The number of ether oxygens (including phenoxy) is 2. The maximum Gasteiger partial charge on any atom is 0.341 e. The summed E-state index contributed by atoms with van der Waals surface area (Å²) in [5, 5.41) is 4.52. The summed E-state index contributed by atoms with van der Waals surface area (Å²) in [7, 11) is 0. The Bertz CT molecular complexity index is 1370. The average Bonchev–Trinajstić information content (AvgIpc) is 3.19. The number of aryl methyl sites for hydroxylation is 1. The van der Waals surface area contributed by atoms with Gasteiger partial charge in [0, 0.05) is 30.1 Å². The van der Waals surface area contributed by atoms with E-state index < -0.39 is 5.97 Å². The molecule has 182 valence electrons. The molecule has 0 amide bonds. The lowest BCUT2D eigenvalue weighted by molar-refractivity contribution is 0.0522. The van der Waals surface area contributed by atoms with Crippen LogP contribution in [0, 0.1) is 12.7 Å². The van der Waals surface area contributed by atoms with Gasteiger partial charge in [-0.25, -0.2) is 19.2 Å². The van der Waals surface area contributed by atoms with Crippen LogP contribution in [-0.2, 0) is 11.3 Å². The van der Waals surface area contributed by atoms with Crippen LogP contribution < -0.4 is 10.1 Å². The second-order valence-electron chi connectivity index (χ2n) is 7.82. The smallest absolute Gasteiger partial charge is 0.341 e. The Morgan fingerprint density at radius 2 is 1.94 bits per heavy atom. The minimum atomic E-state index is -0.435. The number of carbonyl (C=O) groups is 1. The highest BCUT2D eigenvalue weighted by Gasteiger charge is 2.16. The SMILES string of the molecule is CCOC(=O)c1ccc(-c2cc(NCCn3c(Cl)cc4c(C)ccc(F)c43)ncn2)cc1OCC. The molecule has 0 fully saturated rings. The fraction of sp³-hybridized carbons (Fsp3) is 0.269. The Morgan fingerprint density at radius 1 is 1.11 bits per heavy atom. The fourth-order valence-electron chi connectivity index (χ4n) is 3.90. The molecule has 0 spiro atoms. The maximum absolute atomic E-state index is 14.5. The number of anilines is 1. The quantitative estimate of drug-likeness (QED) is 0.291. The molecule has 0 aliphatic carbocycles. The Morgan fingerprint density at radius 3 is 2.71 bits per heavy atom. The number of rotatable bonds is 9. The van der Waals surface area contributed by atoms with Crippen molar-refractivity contribution in [2.45, 2.75) is 27.3 Å². The zero-order chi connectivity index (χ0) is 24.9. The molecule has 2 aromatic heterocycles. The van der Waals surface area contributed by atoms with Crippen LogP contribution in [0.4, 0.5) is 10.2 Å². The van der Waals surface area contributed by atoms with Gasteiger partial charge in [-0.1, -0.05) is 23.7 Å². The summed E-state index contributed by atoms with van der Waals surface area (Å²) >= 11 is 6.39. The molecular weight excluding hydrogens is 471 g/mol.